The number of fused-ring (bicyclic) bond motifs is 1. The standard InChI is InChI=1S/C25H35NO2.C14H22O/c1-16-11-18-15-26(10-9-17(18)12-22(16)28-8)21-14-19(24(2,3)4)13-20(23(21)27)25(5,6)7;1-13(2,3)10-7-11(14(4,5)6)9-12(15)8-10/h11-14,27H,9-10,15H2,1-8H3;7-9,15H,1-6H3. The molecular weight excluding hydrogens is 530 g/mol. The van der Waals surface area contributed by atoms with Crippen LogP contribution in [0.4, 0.5) is 5.69 Å². The molecule has 0 aromatic heterocycles. The Balaban J connectivity index is 0.000000285. The molecule has 0 amide bonds. The molecule has 3 aromatic carbocycles. The number of hydrogen-bond donors (Lipinski definition) is 2. The highest BCUT2D eigenvalue weighted by Gasteiger charge is 2.28. The third-order valence-electron chi connectivity index (χ3n) is 8.48. The quantitative estimate of drug-likeness (QED) is 0.313. The summed E-state index contributed by atoms with van der Waals surface area (Å²) in [5, 5.41) is 20.9. The van der Waals surface area contributed by atoms with Gasteiger partial charge in [-0.05, 0) is 92.7 Å². The Morgan fingerprint density at radius 2 is 1.14 bits per heavy atom. The number of aryl methyl sites for hydroxylation is 1. The number of hydrogen-bond acceptors (Lipinski definition) is 4. The first-order valence-corrected chi connectivity index (χ1v) is 15.7. The Labute approximate surface area is 262 Å². The van der Waals surface area contributed by atoms with Crippen LogP contribution in [0.25, 0.3) is 0 Å². The fraction of sp³-hybridized carbons (Fsp3) is 0.538. The van der Waals surface area contributed by atoms with Crippen molar-refractivity contribution in [3.63, 3.8) is 0 Å². The maximum absolute atomic E-state index is 11.2. The molecule has 0 saturated heterocycles. The monoisotopic (exact) mass is 587 g/mol. The molecule has 4 rings (SSSR count). The first-order valence-electron chi connectivity index (χ1n) is 15.7. The summed E-state index contributed by atoms with van der Waals surface area (Å²) in [6, 6.07) is 14.7. The Morgan fingerprint density at radius 1 is 0.628 bits per heavy atom. The fourth-order valence-corrected chi connectivity index (χ4v) is 5.48. The summed E-state index contributed by atoms with van der Waals surface area (Å²) >= 11 is 0. The third-order valence-corrected chi connectivity index (χ3v) is 8.48. The topological polar surface area (TPSA) is 52.9 Å². The molecule has 0 atom stereocenters. The van der Waals surface area contributed by atoms with Crippen molar-refractivity contribution in [2.24, 2.45) is 0 Å². The molecule has 1 heterocycles. The molecule has 0 saturated carbocycles. The predicted molar refractivity (Wildman–Crippen MR) is 183 cm³/mol. The Bertz CT molecular complexity index is 1410. The van der Waals surface area contributed by atoms with Crippen molar-refractivity contribution < 1.29 is 14.9 Å². The van der Waals surface area contributed by atoms with Gasteiger partial charge in [0.15, 0.2) is 0 Å². The van der Waals surface area contributed by atoms with Crippen molar-refractivity contribution in [1.82, 2.24) is 0 Å². The van der Waals surface area contributed by atoms with Crippen molar-refractivity contribution in [1.29, 1.82) is 0 Å². The van der Waals surface area contributed by atoms with Crippen LogP contribution >= 0.6 is 0 Å². The summed E-state index contributed by atoms with van der Waals surface area (Å²) in [7, 11) is 1.73. The van der Waals surface area contributed by atoms with E-state index in [-0.39, 0.29) is 21.7 Å². The number of methoxy groups -OCH3 is 1. The summed E-state index contributed by atoms with van der Waals surface area (Å²) in [6.45, 7) is 30.0. The van der Waals surface area contributed by atoms with Gasteiger partial charge in [-0.1, -0.05) is 101 Å². The molecule has 0 unspecified atom stereocenters. The molecule has 4 nitrogen and oxygen atoms in total. The van der Waals surface area contributed by atoms with Gasteiger partial charge in [0, 0.05) is 18.7 Å². The molecule has 0 bridgehead atoms. The van der Waals surface area contributed by atoms with E-state index in [1.54, 1.807) is 7.11 Å². The molecule has 236 valence electrons. The van der Waals surface area contributed by atoms with E-state index < -0.39 is 0 Å². The molecule has 43 heavy (non-hydrogen) atoms. The van der Waals surface area contributed by atoms with Gasteiger partial charge in [0.1, 0.15) is 17.2 Å². The van der Waals surface area contributed by atoms with Crippen LogP contribution in [0.15, 0.2) is 42.5 Å². The van der Waals surface area contributed by atoms with Gasteiger partial charge in [-0.3, -0.25) is 0 Å². The Hall–Kier alpha value is -3.14. The van der Waals surface area contributed by atoms with Gasteiger partial charge in [0.05, 0.1) is 12.8 Å². The molecule has 3 aromatic rings. The zero-order chi connectivity index (χ0) is 32.7. The summed E-state index contributed by atoms with van der Waals surface area (Å²) < 4.78 is 5.49. The summed E-state index contributed by atoms with van der Waals surface area (Å²) in [5.74, 6) is 1.75. The normalized spacial score (nSPS) is 14.1. The van der Waals surface area contributed by atoms with E-state index in [4.69, 9.17) is 4.74 Å². The van der Waals surface area contributed by atoms with E-state index in [1.807, 2.05) is 12.1 Å². The van der Waals surface area contributed by atoms with Gasteiger partial charge in [0.25, 0.3) is 0 Å². The smallest absolute Gasteiger partial charge is 0.142 e. The minimum absolute atomic E-state index is 0.0279. The third kappa shape index (κ3) is 8.28. The average molecular weight is 588 g/mol. The number of benzene rings is 3. The molecule has 0 aliphatic carbocycles. The SMILES string of the molecule is CC(C)(C)c1cc(O)cc(C(C)(C)C)c1.COc1cc2c(cc1C)CN(c1cc(C(C)(C)C)cc(C(C)(C)C)c1O)CC2. The predicted octanol–water partition coefficient (Wildman–Crippen LogP) is 9.85. The number of anilines is 1. The van der Waals surface area contributed by atoms with Crippen LogP contribution in [-0.2, 0) is 34.6 Å². The van der Waals surface area contributed by atoms with Crippen LogP contribution in [0.2, 0.25) is 0 Å². The van der Waals surface area contributed by atoms with Gasteiger partial charge in [-0.25, -0.2) is 0 Å². The lowest BCUT2D eigenvalue weighted by atomic mass is 9.79. The van der Waals surface area contributed by atoms with Crippen molar-refractivity contribution in [3.8, 4) is 17.2 Å². The summed E-state index contributed by atoms with van der Waals surface area (Å²) in [5.41, 5.74) is 9.52. The molecule has 0 radical (unpaired) electrons. The van der Waals surface area contributed by atoms with Crippen LogP contribution in [0.1, 0.15) is 122 Å². The Kier molecular flexibility index (Phi) is 9.66. The lowest BCUT2D eigenvalue weighted by molar-refractivity contribution is 0.410. The van der Waals surface area contributed by atoms with E-state index in [9.17, 15) is 10.2 Å². The second-order valence-electron chi connectivity index (χ2n) is 16.4. The highest BCUT2D eigenvalue weighted by Crippen LogP contribution is 2.43. The summed E-state index contributed by atoms with van der Waals surface area (Å²) in [6.07, 6.45) is 0.954. The van der Waals surface area contributed by atoms with Crippen LogP contribution in [-0.4, -0.2) is 23.9 Å². The van der Waals surface area contributed by atoms with Crippen molar-refractivity contribution in [2.45, 2.75) is 125 Å². The van der Waals surface area contributed by atoms with Crippen LogP contribution in [0.5, 0.6) is 17.2 Å². The van der Waals surface area contributed by atoms with Crippen LogP contribution in [0.3, 0.4) is 0 Å². The largest absolute Gasteiger partial charge is 0.508 e. The van der Waals surface area contributed by atoms with Crippen molar-refractivity contribution >= 4 is 5.69 Å². The van der Waals surface area contributed by atoms with E-state index in [0.29, 0.717) is 11.5 Å². The van der Waals surface area contributed by atoms with E-state index in [1.165, 1.54) is 27.8 Å². The van der Waals surface area contributed by atoms with Crippen molar-refractivity contribution in [3.05, 3.63) is 81.4 Å². The second kappa shape index (κ2) is 12.1. The highest BCUT2D eigenvalue weighted by atomic mass is 16.5. The van der Waals surface area contributed by atoms with Crippen molar-refractivity contribution in [2.75, 3.05) is 18.6 Å². The zero-order valence-corrected chi connectivity index (χ0v) is 29.4. The van der Waals surface area contributed by atoms with Gasteiger partial charge >= 0.3 is 0 Å². The molecule has 0 spiro atoms. The number of ether oxygens (including phenoxy) is 1. The molecule has 4 heteroatoms. The summed E-state index contributed by atoms with van der Waals surface area (Å²) in [4.78, 5) is 2.33. The van der Waals surface area contributed by atoms with E-state index >= 15 is 0 Å². The van der Waals surface area contributed by atoms with Gasteiger partial charge in [0.2, 0.25) is 0 Å². The van der Waals surface area contributed by atoms with Crippen LogP contribution < -0.4 is 9.64 Å². The minimum atomic E-state index is -0.113. The Morgan fingerprint density at radius 3 is 1.60 bits per heavy atom. The first kappa shape index (κ1) is 34.4. The number of rotatable bonds is 2. The van der Waals surface area contributed by atoms with Gasteiger partial charge in [-0.2, -0.15) is 0 Å². The lowest BCUT2D eigenvalue weighted by Gasteiger charge is -2.35. The maximum Gasteiger partial charge on any atom is 0.142 e. The number of aromatic hydroxyl groups is 2. The molecule has 1 aliphatic rings. The average Bonchev–Trinajstić information content (AvgIpc) is 2.85. The fourth-order valence-electron chi connectivity index (χ4n) is 5.48. The molecule has 1 aliphatic heterocycles. The lowest BCUT2D eigenvalue weighted by Crippen LogP contribution is -2.31. The minimum Gasteiger partial charge on any atom is -0.508 e. The second-order valence-corrected chi connectivity index (χ2v) is 16.4. The number of nitrogens with zero attached hydrogens (tertiary/aromatic N) is 1. The number of phenols is 2. The molecule has 0 fully saturated rings. The van der Waals surface area contributed by atoms with Crippen LogP contribution in [0, 0.1) is 6.92 Å². The van der Waals surface area contributed by atoms with Gasteiger partial charge < -0.3 is 19.8 Å². The highest BCUT2D eigenvalue weighted by molar-refractivity contribution is 5.66. The van der Waals surface area contributed by atoms with E-state index in [2.05, 4.69) is 125 Å². The molecule has 2 N–H and O–H groups in total. The zero-order valence-electron chi connectivity index (χ0n) is 29.4. The molecular formula is C39H57NO3. The maximum atomic E-state index is 11.2. The first-order chi connectivity index (χ1) is 19.5. The number of phenolic OH excluding ortho intramolecular Hbond substituents is 2. The van der Waals surface area contributed by atoms with Gasteiger partial charge in [-0.15, -0.1) is 0 Å². The van der Waals surface area contributed by atoms with E-state index in [0.717, 1.165) is 42.1 Å².